The number of carbonyl (C=O) groups is 2. The smallest absolute Gasteiger partial charge is 0.341 e. The average molecular weight is 515 g/mol. The van der Waals surface area contributed by atoms with Crippen molar-refractivity contribution in [3.63, 3.8) is 0 Å². The number of amides is 1. The van der Waals surface area contributed by atoms with Gasteiger partial charge in [-0.2, -0.15) is 0 Å². The first-order valence-electron chi connectivity index (χ1n) is 11.8. The summed E-state index contributed by atoms with van der Waals surface area (Å²) in [6.45, 7) is 4.59. The Morgan fingerprint density at radius 2 is 1.94 bits per heavy atom. The van der Waals surface area contributed by atoms with Gasteiger partial charge in [-0.05, 0) is 57.2 Å². The van der Waals surface area contributed by atoms with E-state index >= 15 is 0 Å². The lowest BCUT2D eigenvalue weighted by Crippen LogP contribution is -2.17. The first-order chi connectivity index (χ1) is 17.0. The van der Waals surface area contributed by atoms with Crippen LogP contribution in [-0.2, 0) is 28.9 Å². The maximum atomic E-state index is 12.9. The molecular weight excluding hydrogens is 484 g/mol. The number of hydrogen-bond acceptors (Lipinski definition) is 8. The molecule has 1 aliphatic carbocycles. The molecule has 8 nitrogen and oxygen atoms in total. The topological polar surface area (TPSA) is 95.3 Å². The summed E-state index contributed by atoms with van der Waals surface area (Å²) in [7, 11) is 1.38. The van der Waals surface area contributed by atoms with Crippen LogP contribution in [0.5, 0.6) is 5.75 Å². The number of aryl methyl sites for hydroxylation is 1. The van der Waals surface area contributed by atoms with E-state index in [-0.39, 0.29) is 17.8 Å². The zero-order chi connectivity index (χ0) is 24.8. The number of aromatic nitrogens is 3. The molecule has 0 saturated heterocycles. The minimum Gasteiger partial charge on any atom is -0.483 e. The van der Waals surface area contributed by atoms with Crippen LogP contribution in [0.15, 0.2) is 35.5 Å². The van der Waals surface area contributed by atoms with E-state index in [2.05, 4.69) is 15.5 Å². The van der Waals surface area contributed by atoms with Crippen LogP contribution in [0.1, 0.15) is 65.8 Å². The molecule has 35 heavy (non-hydrogen) atoms. The van der Waals surface area contributed by atoms with Crippen LogP contribution in [-0.4, -0.2) is 39.5 Å². The van der Waals surface area contributed by atoms with Gasteiger partial charge in [0.15, 0.2) is 17.1 Å². The number of benzene rings is 1. The number of ether oxygens (including phenoxy) is 2. The summed E-state index contributed by atoms with van der Waals surface area (Å²) in [6.07, 6.45) is 4.76. The summed E-state index contributed by atoms with van der Waals surface area (Å²) >= 11 is 2.81. The van der Waals surface area contributed by atoms with Gasteiger partial charge >= 0.3 is 5.97 Å². The number of rotatable bonds is 9. The highest BCUT2D eigenvalue weighted by molar-refractivity contribution is 7.99. The molecule has 3 aromatic rings. The maximum Gasteiger partial charge on any atom is 0.341 e. The lowest BCUT2D eigenvalue weighted by Gasteiger charge is -2.15. The molecule has 2 heterocycles. The molecule has 10 heteroatoms. The van der Waals surface area contributed by atoms with E-state index in [0.717, 1.165) is 43.4 Å². The van der Waals surface area contributed by atoms with E-state index in [1.807, 2.05) is 48.7 Å². The third-order valence-corrected chi connectivity index (χ3v) is 8.05. The van der Waals surface area contributed by atoms with E-state index in [1.165, 1.54) is 35.1 Å². The van der Waals surface area contributed by atoms with Crippen molar-refractivity contribution in [3.8, 4) is 5.75 Å². The summed E-state index contributed by atoms with van der Waals surface area (Å²) in [5.41, 5.74) is 1.55. The predicted octanol–water partition coefficient (Wildman–Crippen LogP) is 5.29. The molecule has 186 valence electrons. The van der Waals surface area contributed by atoms with Crippen molar-refractivity contribution in [2.45, 2.75) is 63.8 Å². The van der Waals surface area contributed by atoms with Gasteiger partial charge in [-0.3, -0.25) is 4.79 Å². The Balaban J connectivity index is 1.43. The van der Waals surface area contributed by atoms with E-state index in [1.54, 1.807) is 0 Å². The van der Waals surface area contributed by atoms with Crippen LogP contribution in [0.4, 0.5) is 5.00 Å². The number of thiophene rings is 1. The number of hydrogen-bond donors (Lipinski definition) is 1. The number of nitrogens with zero attached hydrogens (tertiary/aromatic N) is 3. The first-order valence-corrected chi connectivity index (χ1v) is 13.6. The van der Waals surface area contributed by atoms with Gasteiger partial charge in [-0.1, -0.05) is 36.4 Å². The fourth-order valence-corrected chi connectivity index (χ4v) is 6.31. The van der Waals surface area contributed by atoms with Crippen molar-refractivity contribution < 1.29 is 19.1 Å². The quantitative estimate of drug-likeness (QED) is 0.236. The number of methoxy groups -OCH3 is 1. The molecule has 0 aliphatic heterocycles. The monoisotopic (exact) mass is 514 g/mol. The summed E-state index contributed by atoms with van der Waals surface area (Å²) in [4.78, 5) is 26.5. The summed E-state index contributed by atoms with van der Waals surface area (Å²) in [6, 6.07) is 9.58. The van der Waals surface area contributed by atoms with Gasteiger partial charge < -0.3 is 19.4 Å². The number of anilines is 1. The SMILES string of the molecule is CCn1c(SCC(=O)Nc2sc3c(c2C(=O)OC)CCCCC3)nnc1C(C)Oc1ccccc1. The second kappa shape index (κ2) is 11.7. The van der Waals surface area contributed by atoms with Gasteiger partial charge in [-0.15, -0.1) is 21.5 Å². The minimum atomic E-state index is -0.393. The Bertz CT molecular complexity index is 1180. The third-order valence-electron chi connectivity index (χ3n) is 5.88. The second-order valence-electron chi connectivity index (χ2n) is 8.26. The predicted molar refractivity (Wildman–Crippen MR) is 137 cm³/mol. The van der Waals surface area contributed by atoms with Crippen molar-refractivity contribution in [1.29, 1.82) is 0 Å². The minimum absolute atomic E-state index is 0.148. The van der Waals surface area contributed by atoms with Gasteiger partial charge in [0.25, 0.3) is 0 Å². The molecule has 1 aromatic carbocycles. The zero-order valence-electron chi connectivity index (χ0n) is 20.2. The van der Waals surface area contributed by atoms with Crippen molar-refractivity contribution in [2.24, 2.45) is 0 Å². The fourth-order valence-electron chi connectivity index (χ4n) is 4.20. The Morgan fingerprint density at radius 1 is 1.17 bits per heavy atom. The maximum absolute atomic E-state index is 12.9. The third kappa shape index (κ3) is 5.87. The fraction of sp³-hybridized carbons (Fsp3) is 0.440. The van der Waals surface area contributed by atoms with Crippen LogP contribution in [0.2, 0.25) is 0 Å². The molecule has 0 saturated carbocycles. The van der Waals surface area contributed by atoms with Gasteiger partial charge in [0.1, 0.15) is 10.8 Å². The normalized spacial score (nSPS) is 14.0. The number of thioether (sulfide) groups is 1. The van der Waals surface area contributed by atoms with Crippen molar-refractivity contribution >= 4 is 40.0 Å². The van der Waals surface area contributed by atoms with Gasteiger partial charge in [0.2, 0.25) is 5.91 Å². The average Bonchev–Trinajstić information content (AvgIpc) is 3.35. The van der Waals surface area contributed by atoms with E-state index in [0.29, 0.717) is 28.1 Å². The highest BCUT2D eigenvalue weighted by Gasteiger charge is 2.26. The molecule has 1 N–H and O–H groups in total. The van der Waals surface area contributed by atoms with Crippen LogP contribution in [0, 0.1) is 0 Å². The molecule has 2 aromatic heterocycles. The van der Waals surface area contributed by atoms with E-state index < -0.39 is 5.97 Å². The number of fused-ring (bicyclic) bond motifs is 1. The zero-order valence-corrected chi connectivity index (χ0v) is 21.8. The number of para-hydroxylation sites is 1. The second-order valence-corrected chi connectivity index (χ2v) is 10.3. The van der Waals surface area contributed by atoms with E-state index in [4.69, 9.17) is 9.47 Å². The molecule has 1 unspecified atom stereocenters. The standard InChI is InChI=1S/C25H30N4O4S2/c1-4-29-22(16(2)33-17-11-7-5-8-12-17)27-28-25(29)34-15-20(30)26-23-21(24(31)32-3)18-13-9-6-10-14-19(18)35-23/h5,7-8,11-12,16H,4,6,9-10,13-15H2,1-3H3,(H,26,30). The molecular formula is C25H30N4O4S2. The number of esters is 1. The van der Waals surface area contributed by atoms with Crippen molar-refractivity contribution in [3.05, 3.63) is 52.2 Å². The van der Waals surface area contributed by atoms with Crippen molar-refractivity contribution in [1.82, 2.24) is 14.8 Å². The number of nitrogens with one attached hydrogen (secondary N) is 1. The Labute approximate surface area is 213 Å². The van der Waals surface area contributed by atoms with Gasteiger partial charge in [0, 0.05) is 11.4 Å². The van der Waals surface area contributed by atoms with Crippen LogP contribution < -0.4 is 10.1 Å². The highest BCUT2D eigenvalue weighted by atomic mass is 32.2. The van der Waals surface area contributed by atoms with Crippen LogP contribution in [0.3, 0.4) is 0 Å². The van der Waals surface area contributed by atoms with Gasteiger partial charge in [0.05, 0.1) is 18.4 Å². The summed E-state index contributed by atoms with van der Waals surface area (Å²) in [5, 5.41) is 12.8. The molecule has 4 rings (SSSR count). The molecule has 1 atom stereocenters. The molecule has 0 spiro atoms. The lowest BCUT2D eigenvalue weighted by molar-refractivity contribution is -0.113. The summed E-state index contributed by atoms with van der Waals surface area (Å²) in [5.74, 6) is 1.02. The molecule has 1 aliphatic rings. The van der Waals surface area contributed by atoms with Gasteiger partial charge in [-0.25, -0.2) is 4.79 Å². The Hall–Kier alpha value is -2.85. The summed E-state index contributed by atoms with van der Waals surface area (Å²) < 4.78 is 13.0. The number of carbonyl (C=O) groups excluding carboxylic acids is 2. The largest absolute Gasteiger partial charge is 0.483 e. The van der Waals surface area contributed by atoms with Crippen LogP contribution >= 0.6 is 23.1 Å². The molecule has 0 fully saturated rings. The first kappa shape index (κ1) is 25.2. The Morgan fingerprint density at radius 3 is 2.69 bits per heavy atom. The Kier molecular flexibility index (Phi) is 8.46. The van der Waals surface area contributed by atoms with Crippen LogP contribution in [0.25, 0.3) is 0 Å². The molecule has 0 bridgehead atoms. The molecule has 1 amide bonds. The van der Waals surface area contributed by atoms with E-state index in [9.17, 15) is 9.59 Å². The highest BCUT2D eigenvalue weighted by Crippen LogP contribution is 2.38. The molecule has 0 radical (unpaired) electrons. The van der Waals surface area contributed by atoms with Crippen molar-refractivity contribution in [2.75, 3.05) is 18.2 Å². The lowest BCUT2D eigenvalue weighted by atomic mass is 10.1.